The second kappa shape index (κ2) is 8.37. The van der Waals surface area contributed by atoms with Crippen molar-refractivity contribution in [2.75, 3.05) is 19.0 Å². The Labute approximate surface area is 177 Å². The number of nitro benzene ring substituents is 1. The average Bonchev–Trinajstić information content (AvgIpc) is 3.39. The lowest BCUT2D eigenvalue weighted by atomic mass is 10.2. The molecule has 0 spiro atoms. The SMILES string of the molecule is COc1ccc([N+](=O)[O-])cc1NC(=O)C(C)N1CCCC1c1nc2ccccc2s1. The average molecular weight is 426 g/mol. The Morgan fingerprint density at radius 1 is 1.37 bits per heavy atom. The van der Waals surface area contributed by atoms with E-state index in [2.05, 4.69) is 16.3 Å². The minimum Gasteiger partial charge on any atom is -0.495 e. The summed E-state index contributed by atoms with van der Waals surface area (Å²) in [4.78, 5) is 30.5. The van der Waals surface area contributed by atoms with Crippen molar-refractivity contribution in [2.45, 2.75) is 31.8 Å². The van der Waals surface area contributed by atoms with Crippen LogP contribution in [0.25, 0.3) is 10.2 Å². The summed E-state index contributed by atoms with van der Waals surface area (Å²) in [6.07, 6.45) is 1.93. The van der Waals surface area contributed by atoms with Gasteiger partial charge < -0.3 is 10.1 Å². The lowest BCUT2D eigenvalue weighted by Gasteiger charge is -2.28. The molecule has 0 aliphatic carbocycles. The van der Waals surface area contributed by atoms with Gasteiger partial charge in [0, 0.05) is 12.1 Å². The van der Waals surface area contributed by atoms with E-state index in [0.29, 0.717) is 11.4 Å². The Balaban J connectivity index is 1.54. The normalized spacial score (nSPS) is 17.7. The van der Waals surface area contributed by atoms with E-state index in [0.717, 1.165) is 34.6 Å². The van der Waals surface area contributed by atoms with Gasteiger partial charge in [-0.25, -0.2) is 4.98 Å². The molecule has 4 rings (SSSR count). The molecule has 156 valence electrons. The fraction of sp³-hybridized carbons (Fsp3) is 0.333. The summed E-state index contributed by atoms with van der Waals surface area (Å²) in [7, 11) is 1.46. The summed E-state index contributed by atoms with van der Waals surface area (Å²) < 4.78 is 6.39. The number of hydrogen-bond acceptors (Lipinski definition) is 7. The van der Waals surface area contributed by atoms with Crippen molar-refractivity contribution in [3.05, 3.63) is 57.6 Å². The number of para-hydroxylation sites is 1. The second-order valence-corrected chi connectivity index (χ2v) is 8.28. The Kier molecular flexibility index (Phi) is 5.65. The first-order valence-electron chi connectivity index (χ1n) is 9.72. The summed E-state index contributed by atoms with van der Waals surface area (Å²) >= 11 is 1.66. The first-order chi connectivity index (χ1) is 14.5. The number of carbonyl (C=O) groups excluding carboxylic acids is 1. The van der Waals surface area contributed by atoms with Gasteiger partial charge >= 0.3 is 0 Å². The molecule has 1 amide bonds. The highest BCUT2D eigenvalue weighted by molar-refractivity contribution is 7.18. The third-order valence-corrected chi connectivity index (χ3v) is 6.56. The van der Waals surface area contributed by atoms with E-state index in [-0.39, 0.29) is 17.6 Å². The van der Waals surface area contributed by atoms with Crippen LogP contribution in [0.1, 0.15) is 30.8 Å². The molecule has 3 aromatic rings. The molecule has 30 heavy (non-hydrogen) atoms. The van der Waals surface area contributed by atoms with Crippen LogP contribution in [0, 0.1) is 10.1 Å². The van der Waals surface area contributed by atoms with Gasteiger partial charge in [0.2, 0.25) is 5.91 Å². The van der Waals surface area contributed by atoms with Crippen LogP contribution in [-0.2, 0) is 4.79 Å². The van der Waals surface area contributed by atoms with Crippen LogP contribution in [0.4, 0.5) is 11.4 Å². The summed E-state index contributed by atoms with van der Waals surface area (Å²) in [5.41, 5.74) is 1.16. The Bertz CT molecular complexity index is 1070. The predicted molar refractivity (Wildman–Crippen MR) is 116 cm³/mol. The zero-order valence-corrected chi connectivity index (χ0v) is 17.5. The van der Waals surface area contributed by atoms with Crippen LogP contribution in [0.15, 0.2) is 42.5 Å². The number of carbonyl (C=O) groups is 1. The molecule has 1 aromatic heterocycles. The van der Waals surface area contributed by atoms with Crippen molar-refractivity contribution in [3.8, 4) is 5.75 Å². The first-order valence-corrected chi connectivity index (χ1v) is 10.5. The number of thiazole rings is 1. The van der Waals surface area contributed by atoms with Gasteiger partial charge in [-0.15, -0.1) is 11.3 Å². The number of amides is 1. The lowest BCUT2D eigenvalue weighted by Crippen LogP contribution is -2.41. The quantitative estimate of drug-likeness (QED) is 0.464. The van der Waals surface area contributed by atoms with Gasteiger partial charge in [0.25, 0.3) is 5.69 Å². The highest BCUT2D eigenvalue weighted by Crippen LogP contribution is 2.38. The van der Waals surface area contributed by atoms with E-state index in [9.17, 15) is 14.9 Å². The van der Waals surface area contributed by atoms with Crippen LogP contribution in [0.3, 0.4) is 0 Å². The molecule has 1 aliphatic rings. The zero-order chi connectivity index (χ0) is 21.3. The summed E-state index contributed by atoms with van der Waals surface area (Å²) in [5, 5.41) is 14.9. The maximum atomic E-state index is 13.0. The number of fused-ring (bicyclic) bond motifs is 1. The molecular formula is C21H22N4O4S. The van der Waals surface area contributed by atoms with Crippen molar-refractivity contribution in [2.24, 2.45) is 0 Å². The van der Waals surface area contributed by atoms with Gasteiger partial charge in [0.05, 0.1) is 40.0 Å². The summed E-state index contributed by atoms with van der Waals surface area (Å²) in [5.74, 6) is 0.145. The molecule has 1 fully saturated rings. The third-order valence-electron chi connectivity index (χ3n) is 5.42. The third kappa shape index (κ3) is 3.86. The standard InChI is InChI=1S/C21H22N4O4S/c1-13(20(26)22-16-12-14(25(27)28)9-10-18(16)29-2)24-11-5-7-17(24)21-23-15-6-3-4-8-19(15)30-21/h3-4,6,8-10,12-13,17H,5,7,11H2,1-2H3,(H,22,26). The monoisotopic (exact) mass is 426 g/mol. The number of rotatable bonds is 6. The van der Waals surface area contributed by atoms with Gasteiger partial charge in [-0.2, -0.15) is 0 Å². The topological polar surface area (TPSA) is 97.6 Å². The van der Waals surface area contributed by atoms with Crippen molar-refractivity contribution in [3.63, 3.8) is 0 Å². The van der Waals surface area contributed by atoms with E-state index in [1.807, 2.05) is 25.1 Å². The Morgan fingerprint density at radius 2 is 2.17 bits per heavy atom. The summed E-state index contributed by atoms with van der Waals surface area (Å²) in [6.45, 7) is 2.64. The van der Waals surface area contributed by atoms with Crippen LogP contribution >= 0.6 is 11.3 Å². The van der Waals surface area contributed by atoms with Crippen LogP contribution in [0.2, 0.25) is 0 Å². The van der Waals surface area contributed by atoms with E-state index in [1.165, 1.54) is 25.3 Å². The minimum absolute atomic E-state index is 0.0788. The number of ether oxygens (including phenoxy) is 1. The van der Waals surface area contributed by atoms with Crippen molar-refractivity contribution < 1.29 is 14.5 Å². The van der Waals surface area contributed by atoms with Gasteiger partial charge in [-0.3, -0.25) is 19.8 Å². The molecule has 1 N–H and O–H groups in total. The first kappa shape index (κ1) is 20.2. The number of likely N-dealkylation sites (tertiary alicyclic amines) is 1. The number of non-ortho nitro benzene ring substituents is 1. The molecule has 9 heteroatoms. The van der Waals surface area contributed by atoms with Crippen molar-refractivity contribution >= 4 is 38.8 Å². The van der Waals surface area contributed by atoms with Gasteiger partial charge in [0.1, 0.15) is 10.8 Å². The molecule has 2 aromatic carbocycles. The second-order valence-electron chi connectivity index (χ2n) is 7.22. The smallest absolute Gasteiger partial charge is 0.271 e. The number of nitrogens with zero attached hydrogens (tertiary/aromatic N) is 3. The summed E-state index contributed by atoms with van der Waals surface area (Å²) in [6, 6.07) is 11.8. The number of nitrogens with one attached hydrogen (secondary N) is 1. The molecule has 2 heterocycles. The predicted octanol–water partition coefficient (Wildman–Crippen LogP) is 4.38. The number of hydrogen-bond donors (Lipinski definition) is 1. The molecule has 0 radical (unpaired) electrons. The zero-order valence-electron chi connectivity index (χ0n) is 16.7. The van der Waals surface area contributed by atoms with Gasteiger partial charge in [-0.1, -0.05) is 12.1 Å². The van der Waals surface area contributed by atoms with Gasteiger partial charge in [-0.05, 0) is 44.5 Å². The molecule has 0 saturated carbocycles. The molecule has 8 nitrogen and oxygen atoms in total. The van der Waals surface area contributed by atoms with Gasteiger partial charge in [0.15, 0.2) is 0 Å². The van der Waals surface area contributed by atoms with E-state index < -0.39 is 11.0 Å². The Hall–Kier alpha value is -3.04. The van der Waals surface area contributed by atoms with Crippen molar-refractivity contribution in [1.29, 1.82) is 0 Å². The minimum atomic E-state index is -0.498. The van der Waals surface area contributed by atoms with E-state index in [4.69, 9.17) is 9.72 Å². The van der Waals surface area contributed by atoms with Crippen LogP contribution < -0.4 is 10.1 Å². The fourth-order valence-corrected chi connectivity index (χ4v) is 4.97. The largest absolute Gasteiger partial charge is 0.495 e. The fourth-order valence-electron chi connectivity index (χ4n) is 3.85. The van der Waals surface area contributed by atoms with Crippen LogP contribution in [0.5, 0.6) is 5.75 Å². The van der Waals surface area contributed by atoms with E-state index >= 15 is 0 Å². The molecule has 2 unspecified atom stereocenters. The molecule has 0 bridgehead atoms. The number of methoxy groups -OCH3 is 1. The maximum Gasteiger partial charge on any atom is 0.271 e. The van der Waals surface area contributed by atoms with Crippen molar-refractivity contribution in [1.82, 2.24) is 9.88 Å². The number of benzene rings is 2. The highest BCUT2D eigenvalue weighted by atomic mass is 32.1. The molecule has 2 atom stereocenters. The number of anilines is 1. The van der Waals surface area contributed by atoms with Crippen LogP contribution in [-0.4, -0.2) is 40.4 Å². The number of nitro groups is 1. The molecular weight excluding hydrogens is 404 g/mol. The highest BCUT2D eigenvalue weighted by Gasteiger charge is 2.35. The molecule has 1 saturated heterocycles. The maximum absolute atomic E-state index is 13.0. The Morgan fingerprint density at radius 3 is 2.90 bits per heavy atom. The number of aromatic nitrogens is 1. The molecule has 1 aliphatic heterocycles. The lowest BCUT2D eigenvalue weighted by molar-refractivity contribution is -0.384. The van der Waals surface area contributed by atoms with E-state index in [1.54, 1.807) is 11.3 Å².